The van der Waals surface area contributed by atoms with E-state index in [2.05, 4.69) is 53.3 Å². The fourth-order valence-corrected chi connectivity index (χ4v) is 4.02. The molecule has 0 spiro atoms. The molecule has 0 bridgehead atoms. The lowest BCUT2D eigenvalue weighted by atomic mass is 10.0. The first-order valence-electron chi connectivity index (χ1n) is 9.11. The zero-order valence-electron chi connectivity index (χ0n) is 14.9. The molecule has 1 aliphatic heterocycles. The standard InChI is InChI=1S/C20H29N3S/c1-16(2)12-17-5-7-18(8-6-17)14-23-10-3-4-19(15-23)22-13-20-21-9-11-24-20/h5-9,11,16,19,22H,3-4,10,12-15H2,1-2H3. The Morgan fingerprint density at radius 3 is 2.75 bits per heavy atom. The third-order valence-electron chi connectivity index (χ3n) is 4.60. The lowest BCUT2D eigenvalue weighted by Crippen LogP contribution is -2.44. The van der Waals surface area contributed by atoms with Crippen molar-refractivity contribution in [3.05, 3.63) is 52.0 Å². The number of nitrogens with one attached hydrogen (secondary N) is 1. The van der Waals surface area contributed by atoms with Crippen molar-refractivity contribution in [2.24, 2.45) is 5.92 Å². The highest BCUT2D eigenvalue weighted by molar-refractivity contribution is 7.09. The highest BCUT2D eigenvalue weighted by atomic mass is 32.1. The first-order chi connectivity index (χ1) is 11.7. The monoisotopic (exact) mass is 343 g/mol. The van der Waals surface area contributed by atoms with Crippen molar-refractivity contribution in [2.75, 3.05) is 13.1 Å². The molecule has 3 rings (SSSR count). The van der Waals surface area contributed by atoms with E-state index >= 15 is 0 Å². The van der Waals surface area contributed by atoms with Crippen molar-refractivity contribution in [1.29, 1.82) is 0 Å². The number of hydrogen-bond donors (Lipinski definition) is 1. The number of benzene rings is 1. The summed E-state index contributed by atoms with van der Waals surface area (Å²) in [6, 6.07) is 9.81. The van der Waals surface area contributed by atoms with Gasteiger partial charge in [-0.3, -0.25) is 4.90 Å². The maximum absolute atomic E-state index is 4.36. The van der Waals surface area contributed by atoms with Crippen LogP contribution in [0.1, 0.15) is 42.8 Å². The molecule has 0 aliphatic carbocycles. The summed E-state index contributed by atoms with van der Waals surface area (Å²) >= 11 is 1.73. The molecular formula is C20H29N3S. The number of likely N-dealkylation sites (tertiary alicyclic amines) is 1. The Morgan fingerprint density at radius 1 is 1.25 bits per heavy atom. The zero-order valence-corrected chi connectivity index (χ0v) is 15.7. The second-order valence-electron chi connectivity index (χ2n) is 7.30. The van der Waals surface area contributed by atoms with Crippen molar-refractivity contribution in [1.82, 2.24) is 15.2 Å². The molecule has 130 valence electrons. The van der Waals surface area contributed by atoms with Gasteiger partial charge in [0.2, 0.25) is 0 Å². The topological polar surface area (TPSA) is 28.2 Å². The van der Waals surface area contributed by atoms with Gasteiger partial charge in [-0.2, -0.15) is 0 Å². The van der Waals surface area contributed by atoms with E-state index in [0.29, 0.717) is 6.04 Å². The number of aromatic nitrogens is 1. The van der Waals surface area contributed by atoms with E-state index in [4.69, 9.17) is 0 Å². The third-order valence-corrected chi connectivity index (χ3v) is 5.38. The molecule has 1 unspecified atom stereocenters. The van der Waals surface area contributed by atoms with Gasteiger partial charge in [-0.25, -0.2) is 4.98 Å². The molecule has 3 nitrogen and oxygen atoms in total. The van der Waals surface area contributed by atoms with Crippen LogP contribution in [0.25, 0.3) is 0 Å². The van der Waals surface area contributed by atoms with Gasteiger partial charge >= 0.3 is 0 Å². The SMILES string of the molecule is CC(C)Cc1ccc(CN2CCCC(NCc3nccs3)C2)cc1. The number of piperidine rings is 1. The average molecular weight is 344 g/mol. The highest BCUT2D eigenvalue weighted by Gasteiger charge is 2.19. The summed E-state index contributed by atoms with van der Waals surface area (Å²) in [7, 11) is 0. The number of nitrogens with zero attached hydrogens (tertiary/aromatic N) is 2. The number of thiazole rings is 1. The Morgan fingerprint density at radius 2 is 2.04 bits per heavy atom. The molecule has 1 aromatic carbocycles. The van der Waals surface area contributed by atoms with Crippen LogP contribution < -0.4 is 5.32 Å². The quantitative estimate of drug-likeness (QED) is 0.820. The highest BCUT2D eigenvalue weighted by Crippen LogP contribution is 2.16. The summed E-state index contributed by atoms with van der Waals surface area (Å²) in [5, 5.41) is 6.91. The van der Waals surface area contributed by atoms with Crippen LogP contribution in [-0.2, 0) is 19.5 Å². The molecule has 24 heavy (non-hydrogen) atoms. The average Bonchev–Trinajstić information content (AvgIpc) is 3.08. The van der Waals surface area contributed by atoms with E-state index in [1.54, 1.807) is 11.3 Å². The lowest BCUT2D eigenvalue weighted by molar-refractivity contribution is 0.182. The molecule has 1 aromatic heterocycles. The summed E-state index contributed by atoms with van der Waals surface area (Å²) < 4.78 is 0. The number of hydrogen-bond acceptors (Lipinski definition) is 4. The van der Waals surface area contributed by atoms with Gasteiger partial charge in [-0.15, -0.1) is 11.3 Å². The van der Waals surface area contributed by atoms with E-state index in [1.807, 2.05) is 11.6 Å². The fourth-order valence-electron chi connectivity index (χ4n) is 3.45. The van der Waals surface area contributed by atoms with Gasteiger partial charge in [0.1, 0.15) is 5.01 Å². The van der Waals surface area contributed by atoms with Crippen LogP contribution in [0, 0.1) is 5.92 Å². The first-order valence-corrected chi connectivity index (χ1v) is 9.99. The Bertz CT molecular complexity index is 592. The molecule has 1 aliphatic rings. The minimum absolute atomic E-state index is 0.586. The number of rotatable bonds is 7. The maximum atomic E-state index is 4.36. The molecule has 1 N–H and O–H groups in total. The van der Waals surface area contributed by atoms with Crippen LogP contribution >= 0.6 is 11.3 Å². The minimum atomic E-state index is 0.586. The summed E-state index contributed by atoms with van der Waals surface area (Å²) in [4.78, 5) is 6.94. The van der Waals surface area contributed by atoms with E-state index in [-0.39, 0.29) is 0 Å². The second-order valence-corrected chi connectivity index (χ2v) is 8.27. The van der Waals surface area contributed by atoms with E-state index < -0.39 is 0 Å². The van der Waals surface area contributed by atoms with Gasteiger partial charge < -0.3 is 5.32 Å². The third kappa shape index (κ3) is 5.40. The molecule has 1 fully saturated rings. The van der Waals surface area contributed by atoms with Crippen molar-refractivity contribution >= 4 is 11.3 Å². The molecule has 1 saturated heterocycles. The molecule has 0 radical (unpaired) electrons. The second kappa shape index (κ2) is 8.75. The summed E-state index contributed by atoms with van der Waals surface area (Å²) in [5.41, 5.74) is 2.89. The molecule has 2 heterocycles. The van der Waals surface area contributed by atoms with Gasteiger partial charge in [0.25, 0.3) is 0 Å². The van der Waals surface area contributed by atoms with E-state index in [1.165, 1.54) is 41.9 Å². The summed E-state index contributed by atoms with van der Waals surface area (Å²) in [6.45, 7) is 8.88. The van der Waals surface area contributed by atoms with Gasteiger partial charge in [0.15, 0.2) is 0 Å². The molecule has 1 atom stereocenters. The zero-order chi connectivity index (χ0) is 16.8. The predicted molar refractivity (Wildman–Crippen MR) is 102 cm³/mol. The molecule has 0 amide bonds. The van der Waals surface area contributed by atoms with Crippen LogP contribution in [0.4, 0.5) is 0 Å². The fraction of sp³-hybridized carbons (Fsp3) is 0.550. The normalized spacial score (nSPS) is 19.0. The van der Waals surface area contributed by atoms with Crippen molar-refractivity contribution in [3.8, 4) is 0 Å². The lowest BCUT2D eigenvalue weighted by Gasteiger charge is -2.33. The van der Waals surface area contributed by atoms with Crippen LogP contribution in [0.2, 0.25) is 0 Å². The Kier molecular flexibility index (Phi) is 6.41. The van der Waals surface area contributed by atoms with Crippen molar-refractivity contribution < 1.29 is 0 Å². The predicted octanol–water partition coefficient (Wildman–Crippen LogP) is 4.10. The Hall–Kier alpha value is -1.23. The van der Waals surface area contributed by atoms with Gasteiger partial charge in [-0.1, -0.05) is 38.1 Å². The van der Waals surface area contributed by atoms with Gasteiger partial charge in [0, 0.05) is 37.3 Å². The van der Waals surface area contributed by atoms with Crippen LogP contribution in [0.15, 0.2) is 35.8 Å². The van der Waals surface area contributed by atoms with Crippen LogP contribution in [0.5, 0.6) is 0 Å². The van der Waals surface area contributed by atoms with E-state index in [0.717, 1.165) is 25.6 Å². The minimum Gasteiger partial charge on any atom is -0.306 e. The van der Waals surface area contributed by atoms with Gasteiger partial charge in [0.05, 0.1) is 0 Å². The molecular weight excluding hydrogens is 314 g/mol. The van der Waals surface area contributed by atoms with E-state index in [9.17, 15) is 0 Å². The first kappa shape index (κ1) is 17.6. The Balaban J connectivity index is 1.47. The van der Waals surface area contributed by atoms with Crippen LogP contribution in [-0.4, -0.2) is 29.0 Å². The smallest absolute Gasteiger partial charge is 0.106 e. The largest absolute Gasteiger partial charge is 0.306 e. The Labute approximate surface area is 150 Å². The maximum Gasteiger partial charge on any atom is 0.106 e. The van der Waals surface area contributed by atoms with Crippen molar-refractivity contribution in [3.63, 3.8) is 0 Å². The summed E-state index contributed by atoms with van der Waals surface area (Å²) in [6.07, 6.45) is 5.61. The molecule has 4 heteroatoms. The van der Waals surface area contributed by atoms with Crippen LogP contribution in [0.3, 0.4) is 0 Å². The van der Waals surface area contributed by atoms with Gasteiger partial charge in [-0.05, 0) is 42.9 Å². The summed E-state index contributed by atoms with van der Waals surface area (Å²) in [5.74, 6) is 0.725. The molecule has 0 saturated carbocycles. The van der Waals surface area contributed by atoms with Crippen molar-refractivity contribution in [2.45, 2.75) is 52.2 Å². The molecule has 2 aromatic rings.